The fourth-order valence-corrected chi connectivity index (χ4v) is 4.16. The summed E-state index contributed by atoms with van der Waals surface area (Å²) in [5, 5.41) is 7.77. The molecule has 0 unspecified atom stereocenters. The molecule has 1 aliphatic rings. The van der Waals surface area contributed by atoms with Crippen LogP contribution in [0.1, 0.15) is 36.0 Å². The van der Waals surface area contributed by atoms with E-state index >= 15 is 0 Å². The molecule has 1 heterocycles. The maximum absolute atomic E-state index is 12.5. The number of hydrogen-bond donors (Lipinski definition) is 2. The van der Waals surface area contributed by atoms with Crippen molar-refractivity contribution in [3.8, 4) is 0 Å². The van der Waals surface area contributed by atoms with Crippen LogP contribution in [0.25, 0.3) is 0 Å². The Morgan fingerprint density at radius 1 is 1.25 bits per heavy atom. The summed E-state index contributed by atoms with van der Waals surface area (Å²) in [6.45, 7) is 0. The molecule has 0 spiro atoms. The standard InChI is InChI=1S/C17H19N3O2S2/c21-15(11-24-17-18-9-10-23-17)20-14-8-4-3-7-13(14)16(22)19-12-5-1-2-6-12/h3-4,7-10,12H,1-2,5-6,11H2,(H,19,22)(H,20,21). The van der Waals surface area contributed by atoms with E-state index in [-0.39, 0.29) is 23.6 Å². The van der Waals surface area contributed by atoms with Crippen molar-refractivity contribution < 1.29 is 9.59 Å². The molecule has 2 aromatic rings. The summed E-state index contributed by atoms with van der Waals surface area (Å²) in [5.41, 5.74) is 1.06. The van der Waals surface area contributed by atoms with Gasteiger partial charge in [0, 0.05) is 17.6 Å². The number of thioether (sulfide) groups is 1. The summed E-state index contributed by atoms with van der Waals surface area (Å²) in [5.74, 6) is 0.00761. The normalized spacial score (nSPS) is 14.5. The van der Waals surface area contributed by atoms with E-state index in [0.717, 1.165) is 30.0 Å². The second-order valence-electron chi connectivity index (χ2n) is 5.64. The number of amides is 2. The molecule has 24 heavy (non-hydrogen) atoms. The molecule has 1 aromatic heterocycles. The molecule has 5 nitrogen and oxygen atoms in total. The zero-order valence-corrected chi connectivity index (χ0v) is 14.8. The number of hydrogen-bond acceptors (Lipinski definition) is 5. The van der Waals surface area contributed by atoms with Gasteiger partial charge >= 0.3 is 0 Å². The van der Waals surface area contributed by atoms with Gasteiger partial charge < -0.3 is 10.6 Å². The second-order valence-corrected chi connectivity index (χ2v) is 7.75. The molecule has 0 radical (unpaired) electrons. The van der Waals surface area contributed by atoms with Gasteiger partial charge in [-0.2, -0.15) is 0 Å². The molecular formula is C17H19N3O2S2. The molecule has 1 aromatic carbocycles. The van der Waals surface area contributed by atoms with Crippen LogP contribution in [0.4, 0.5) is 5.69 Å². The van der Waals surface area contributed by atoms with E-state index in [9.17, 15) is 9.59 Å². The first-order valence-corrected chi connectivity index (χ1v) is 9.81. The van der Waals surface area contributed by atoms with Gasteiger partial charge in [-0.1, -0.05) is 36.7 Å². The van der Waals surface area contributed by atoms with E-state index in [1.165, 1.54) is 23.1 Å². The quantitative estimate of drug-likeness (QED) is 0.772. The number of carbonyl (C=O) groups is 2. The van der Waals surface area contributed by atoms with Crippen LogP contribution < -0.4 is 10.6 Å². The largest absolute Gasteiger partial charge is 0.349 e. The minimum Gasteiger partial charge on any atom is -0.349 e. The Bertz CT molecular complexity index is 698. The summed E-state index contributed by atoms with van der Waals surface area (Å²) in [6.07, 6.45) is 6.11. The van der Waals surface area contributed by atoms with Crippen LogP contribution in [-0.2, 0) is 4.79 Å². The van der Waals surface area contributed by atoms with Crippen molar-refractivity contribution in [3.05, 3.63) is 41.4 Å². The number of benzene rings is 1. The van der Waals surface area contributed by atoms with Crippen molar-refractivity contribution in [2.24, 2.45) is 0 Å². The highest BCUT2D eigenvalue weighted by molar-refractivity contribution is 8.01. The topological polar surface area (TPSA) is 71.1 Å². The van der Waals surface area contributed by atoms with Crippen molar-refractivity contribution in [2.45, 2.75) is 36.1 Å². The number of rotatable bonds is 6. The Labute approximate surface area is 149 Å². The Balaban J connectivity index is 1.60. The zero-order chi connectivity index (χ0) is 16.8. The Kier molecular flexibility index (Phi) is 5.87. The van der Waals surface area contributed by atoms with Crippen molar-refractivity contribution in [2.75, 3.05) is 11.1 Å². The lowest BCUT2D eigenvalue weighted by Gasteiger charge is -2.14. The summed E-state index contributed by atoms with van der Waals surface area (Å²) in [4.78, 5) is 28.7. The lowest BCUT2D eigenvalue weighted by molar-refractivity contribution is -0.113. The minimum absolute atomic E-state index is 0.120. The van der Waals surface area contributed by atoms with E-state index in [1.54, 1.807) is 18.3 Å². The minimum atomic E-state index is -0.142. The number of aromatic nitrogens is 1. The third-order valence-electron chi connectivity index (χ3n) is 3.87. The Morgan fingerprint density at radius 3 is 2.79 bits per heavy atom. The monoisotopic (exact) mass is 361 g/mol. The van der Waals surface area contributed by atoms with E-state index < -0.39 is 0 Å². The molecular weight excluding hydrogens is 342 g/mol. The van der Waals surface area contributed by atoms with Crippen LogP contribution in [0.2, 0.25) is 0 Å². The lowest BCUT2D eigenvalue weighted by atomic mass is 10.1. The first kappa shape index (κ1) is 17.0. The third-order valence-corrected chi connectivity index (χ3v) is 5.84. The molecule has 0 saturated heterocycles. The van der Waals surface area contributed by atoms with Gasteiger partial charge in [0.15, 0.2) is 0 Å². The van der Waals surface area contributed by atoms with Gasteiger partial charge in [-0.15, -0.1) is 11.3 Å². The fourth-order valence-electron chi connectivity index (χ4n) is 2.72. The van der Waals surface area contributed by atoms with Crippen LogP contribution in [0.3, 0.4) is 0 Å². The van der Waals surface area contributed by atoms with Gasteiger partial charge in [-0.3, -0.25) is 9.59 Å². The summed E-state index contributed by atoms with van der Waals surface area (Å²) in [7, 11) is 0. The number of nitrogens with one attached hydrogen (secondary N) is 2. The highest BCUT2D eigenvalue weighted by Crippen LogP contribution is 2.22. The van der Waals surface area contributed by atoms with Crippen LogP contribution >= 0.6 is 23.1 Å². The predicted octanol–water partition coefficient (Wildman–Crippen LogP) is 3.55. The van der Waals surface area contributed by atoms with Crippen LogP contribution in [0.15, 0.2) is 40.2 Å². The number of para-hydroxylation sites is 1. The van der Waals surface area contributed by atoms with E-state index in [1.807, 2.05) is 17.5 Å². The smallest absolute Gasteiger partial charge is 0.253 e. The van der Waals surface area contributed by atoms with Crippen molar-refractivity contribution >= 4 is 40.6 Å². The van der Waals surface area contributed by atoms with Gasteiger partial charge in [0.25, 0.3) is 5.91 Å². The maximum atomic E-state index is 12.5. The molecule has 1 aliphatic carbocycles. The third kappa shape index (κ3) is 4.58. The molecule has 2 amide bonds. The van der Waals surface area contributed by atoms with Gasteiger partial charge in [0.1, 0.15) is 4.34 Å². The molecule has 3 rings (SSSR count). The molecule has 0 atom stereocenters. The first-order chi connectivity index (χ1) is 11.7. The average molecular weight is 361 g/mol. The van der Waals surface area contributed by atoms with Gasteiger partial charge in [0.2, 0.25) is 5.91 Å². The van der Waals surface area contributed by atoms with Crippen LogP contribution in [0, 0.1) is 0 Å². The number of nitrogens with zero attached hydrogens (tertiary/aromatic N) is 1. The molecule has 126 valence electrons. The Morgan fingerprint density at radius 2 is 2.04 bits per heavy atom. The number of carbonyl (C=O) groups excluding carboxylic acids is 2. The fraction of sp³-hybridized carbons (Fsp3) is 0.353. The van der Waals surface area contributed by atoms with Crippen molar-refractivity contribution in [3.63, 3.8) is 0 Å². The number of thiazole rings is 1. The van der Waals surface area contributed by atoms with Crippen LogP contribution in [-0.4, -0.2) is 28.6 Å². The first-order valence-electron chi connectivity index (χ1n) is 7.94. The molecule has 2 N–H and O–H groups in total. The average Bonchev–Trinajstić information content (AvgIpc) is 3.27. The second kappa shape index (κ2) is 8.30. The predicted molar refractivity (Wildman–Crippen MR) is 97.6 cm³/mol. The SMILES string of the molecule is O=C(CSc1nccs1)Nc1ccccc1C(=O)NC1CCCC1. The van der Waals surface area contributed by atoms with Crippen LogP contribution in [0.5, 0.6) is 0 Å². The Hall–Kier alpha value is -1.86. The number of anilines is 1. The molecule has 0 bridgehead atoms. The maximum Gasteiger partial charge on any atom is 0.253 e. The van der Waals surface area contributed by atoms with Gasteiger partial charge in [0.05, 0.1) is 17.0 Å². The highest BCUT2D eigenvalue weighted by atomic mass is 32.2. The molecule has 0 aliphatic heterocycles. The molecule has 1 fully saturated rings. The summed E-state index contributed by atoms with van der Waals surface area (Å²) in [6, 6.07) is 7.38. The van der Waals surface area contributed by atoms with Crippen molar-refractivity contribution in [1.29, 1.82) is 0 Å². The van der Waals surface area contributed by atoms with Gasteiger partial charge in [-0.25, -0.2) is 4.98 Å². The molecule has 7 heteroatoms. The van der Waals surface area contributed by atoms with E-state index in [4.69, 9.17) is 0 Å². The summed E-state index contributed by atoms with van der Waals surface area (Å²) < 4.78 is 0.859. The van der Waals surface area contributed by atoms with Gasteiger partial charge in [-0.05, 0) is 25.0 Å². The molecule has 1 saturated carbocycles. The highest BCUT2D eigenvalue weighted by Gasteiger charge is 2.20. The van der Waals surface area contributed by atoms with Crippen molar-refractivity contribution in [1.82, 2.24) is 10.3 Å². The lowest BCUT2D eigenvalue weighted by Crippen LogP contribution is -2.33. The summed E-state index contributed by atoms with van der Waals surface area (Å²) >= 11 is 2.89. The zero-order valence-electron chi connectivity index (χ0n) is 13.2. The van der Waals surface area contributed by atoms with E-state index in [0.29, 0.717) is 11.3 Å². The van der Waals surface area contributed by atoms with E-state index in [2.05, 4.69) is 15.6 Å².